The summed E-state index contributed by atoms with van der Waals surface area (Å²) in [5.74, 6) is -1.32. The smallest absolute Gasteiger partial charge is 0.331 e. The second kappa shape index (κ2) is 4.46. The molecule has 0 aliphatic carbocycles. The van der Waals surface area contributed by atoms with E-state index < -0.39 is 11.5 Å². The van der Waals surface area contributed by atoms with Gasteiger partial charge >= 0.3 is 5.97 Å². The number of carboxylic acid groups (broad SMARTS) is 1. The third-order valence-corrected chi connectivity index (χ3v) is 3.06. The van der Waals surface area contributed by atoms with Crippen LogP contribution in [0.25, 0.3) is 11.3 Å². The number of carboxylic acids is 1. The molecule has 0 aliphatic rings. The Bertz CT molecular complexity index is 635. The van der Waals surface area contributed by atoms with Crippen LogP contribution in [-0.4, -0.2) is 26.1 Å². The number of nitrogens with zero attached hydrogens (tertiary/aromatic N) is 3. The van der Waals surface area contributed by atoms with Gasteiger partial charge in [0.2, 0.25) is 0 Å². The summed E-state index contributed by atoms with van der Waals surface area (Å²) in [6.07, 6.45) is 1.47. The standard InChI is InChI=1S/C13H14FN3O2/c1-8-6-9(4-5-10(8)14)11-7-15-16-17(11)13(2,3)12(18)19/h4-7H,1-3H3,(H,18,19). The van der Waals surface area contributed by atoms with Crippen molar-refractivity contribution in [3.05, 3.63) is 35.8 Å². The highest BCUT2D eigenvalue weighted by molar-refractivity contribution is 5.77. The van der Waals surface area contributed by atoms with Gasteiger partial charge in [0, 0.05) is 5.56 Å². The number of aryl methyl sites for hydroxylation is 1. The molecule has 1 aromatic heterocycles. The van der Waals surface area contributed by atoms with Gasteiger partial charge in [0.1, 0.15) is 5.82 Å². The molecule has 0 saturated carbocycles. The minimum Gasteiger partial charge on any atom is -0.479 e. The summed E-state index contributed by atoms with van der Waals surface area (Å²) in [5.41, 5.74) is 0.473. The molecule has 19 heavy (non-hydrogen) atoms. The topological polar surface area (TPSA) is 68.0 Å². The van der Waals surface area contributed by atoms with Crippen molar-refractivity contribution in [2.24, 2.45) is 0 Å². The van der Waals surface area contributed by atoms with Crippen LogP contribution in [0.4, 0.5) is 4.39 Å². The number of hydrogen-bond acceptors (Lipinski definition) is 3. The van der Waals surface area contributed by atoms with E-state index in [1.807, 2.05) is 0 Å². The van der Waals surface area contributed by atoms with Gasteiger partial charge < -0.3 is 5.11 Å². The van der Waals surface area contributed by atoms with Gasteiger partial charge in [-0.2, -0.15) is 0 Å². The lowest BCUT2D eigenvalue weighted by Gasteiger charge is -2.21. The average Bonchev–Trinajstić information content (AvgIpc) is 2.82. The molecule has 2 aromatic rings. The van der Waals surface area contributed by atoms with Crippen molar-refractivity contribution in [2.45, 2.75) is 26.3 Å². The monoisotopic (exact) mass is 263 g/mol. The Labute approximate surface area is 109 Å². The Balaban J connectivity index is 2.56. The summed E-state index contributed by atoms with van der Waals surface area (Å²) in [4.78, 5) is 11.3. The van der Waals surface area contributed by atoms with Crippen molar-refractivity contribution in [1.82, 2.24) is 15.0 Å². The van der Waals surface area contributed by atoms with Crippen LogP contribution < -0.4 is 0 Å². The van der Waals surface area contributed by atoms with Crippen LogP contribution in [0.15, 0.2) is 24.4 Å². The molecule has 0 aliphatic heterocycles. The maximum atomic E-state index is 13.3. The lowest BCUT2D eigenvalue weighted by molar-refractivity contribution is -0.146. The minimum atomic E-state index is -1.23. The van der Waals surface area contributed by atoms with Crippen LogP contribution in [0, 0.1) is 12.7 Å². The van der Waals surface area contributed by atoms with Crippen LogP contribution in [0.3, 0.4) is 0 Å². The molecule has 6 heteroatoms. The van der Waals surface area contributed by atoms with Gasteiger partial charge in [-0.3, -0.25) is 0 Å². The van der Waals surface area contributed by atoms with E-state index in [2.05, 4.69) is 10.3 Å². The van der Waals surface area contributed by atoms with Crippen molar-refractivity contribution >= 4 is 5.97 Å². The Morgan fingerprint density at radius 1 is 1.42 bits per heavy atom. The normalized spacial score (nSPS) is 11.6. The van der Waals surface area contributed by atoms with E-state index in [0.717, 1.165) is 0 Å². The lowest BCUT2D eigenvalue weighted by atomic mass is 10.0. The summed E-state index contributed by atoms with van der Waals surface area (Å²) < 4.78 is 14.6. The molecule has 0 amide bonds. The van der Waals surface area contributed by atoms with Gasteiger partial charge in [0.25, 0.3) is 0 Å². The molecule has 1 heterocycles. The summed E-state index contributed by atoms with van der Waals surface area (Å²) in [5, 5.41) is 16.8. The van der Waals surface area contributed by atoms with Gasteiger partial charge in [-0.05, 0) is 44.5 Å². The SMILES string of the molecule is Cc1cc(-c2cnnn2C(C)(C)C(=O)O)ccc1F. The summed E-state index contributed by atoms with van der Waals surface area (Å²) >= 11 is 0. The van der Waals surface area contributed by atoms with E-state index in [1.54, 1.807) is 19.1 Å². The number of aliphatic carboxylic acids is 1. The molecule has 100 valence electrons. The first-order chi connectivity index (χ1) is 8.84. The van der Waals surface area contributed by atoms with Gasteiger partial charge in [-0.1, -0.05) is 5.21 Å². The van der Waals surface area contributed by atoms with Gasteiger partial charge in [0.15, 0.2) is 5.54 Å². The summed E-state index contributed by atoms with van der Waals surface area (Å²) in [7, 11) is 0. The Hall–Kier alpha value is -2.24. The zero-order chi connectivity index (χ0) is 14.2. The first-order valence-electron chi connectivity index (χ1n) is 5.75. The molecule has 1 aromatic carbocycles. The maximum absolute atomic E-state index is 13.3. The van der Waals surface area contributed by atoms with E-state index in [-0.39, 0.29) is 5.82 Å². The number of benzene rings is 1. The van der Waals surface area contributed by atoms with Gasteiger partial charge in [-0.15, -0.1) is 5.10 Å². The predicted molar refractivity (Wildman–Crippen MR) is 67.1 cm³/mol. The van der Waals surface area contributed by atoms with Crippen molar-refractivity contribution in [3.8, 4) is 11.3 Å². The second-order valence-electron chi connectivity index (χ2n) is 4.86. The third-order valence-electron chi connectivity index (χ3n) is 3.06. The molecule has 0 spiro atoms. The maximum Gasteiger partial charge on any atom is 0.331 e. The zero-order valence-electron chi connectivity index (χ0n) is 10.9. The molecule has 0 radical (unpaired) electrons. The van der Waals surface area contributed by atoms with E-state index >= 15 is 0 Å². The minimum absolute atomic E-state index is 0.305. The second-order valence-corrected chi connectivity index (χ2v) is 4.86. The van der Waals surface area contributed by atoms with Gasteiger partial charge in [0.05, 0.1) is 11.9 Å². The molecule has 0 unspecified atom stereocenters. The fourth-order valence-corrected chi connectivity index (χ4v) is 1.74. The molecule has 0 atom stereocenters. The number of rotatable bonds is 3. The van der Waals surface area contributed by atoms with E-state index in [4.69, 9.17) is 0 Å². The molecule has 1 N–H and O–H groups in total. The van der Waals surface area contributed by atoms with Crippen LogP contribution in [0.1, 0.15) is 19.4 Å². The van der Waals surface area contributed by atoms with Crippen molar-refractivity contribution in [1.29, 1.82) is 0 Å². The van der Waals surface area contributed by atoms with E-state index in [9.17, 15) is 14.3 Å². The Morgan fingerprint density at radius 2 is 2.11 bits per heavy atom. The Morgan fingerprint density at radius 3 is 2.68 bits per heavy atom. The highest BCUT2D eigenvalue weighted by Gasteiger charge is 2.32. The van der Waals surface area contributed by atoms with Gasteiger partial charge in [-0.25, -0.2) is 13.9 Å². The van der Waals surface area contributed by atoms with E-state index in [1.165, 1.54) is 30.8 Å². The summed E-state index contributed by atoms with van der Waals surface area (Å²) in [6.45, 7) is 4.71. The number of hydrogen-bond donors (Lipinski definition) is 1. The number of halogens is 1. The molecule has 0 bridgehead atoms. The van der Waals surface area contributed by atoms with Crippen molar-refractivity contribution < 1.29 is 14.3 Å². The first-order valence-corrected chi connectivity index (χ1v) is 5.75. The van der Waals surface area contributed by atoms with Crippen LogP contribution >= 0.6 is 0 Å². The fraction of sp³-hybridized carbons (Fsp3) is 0.308. The summed E-state index contributed by atoms with van der Waals surface area (Å²) in [6, 6.07) is 4.56. The van der Waals surface area contributed by atoms with Crippen LogP contribution in [0.5, 0.6) is 0 Å². The fourth-order valence-electron chi connectivity index (χ4n) is 1.74. The Kier molecular flexibility index (Phi) is 3.09. The third kappa shape index (κ3) is 2.21. The average molecular weight is 263 g/mol. The zero-order valence-corrected chi connectivity index (χ0v) is 10.9. The molecular formula is C13H14FN3O2. The highest BCUT2D eigenvalue weighted by atomic mass is 19.1. The van der Waals surface area contributed by atoms with Crippen molar-refractivity contribution in [2.75, 3.05) is 0 Å². The molecule has 0 fully saturated rings. The molecular weight excluding hydrogens is 249 g/mol. The van der Waals surface area contributed by atoms with Crippen LogP contribution in [0.2, 0.25) is 0 Å². The van der Waals surface area contributed by atoms with Crippen molar-refractivity contribution in [3.63, 3.8) is 0 Å². The highest BCUT2D eigenvalue weighted by Crippen LogP contribution is 2.26. The lowest BCUT2D eigenvalue weighted by Crippen LogP contribution is -2.37. The van der Waals surface area contributed by atoms with E-state index in [0.29, 0.717) is 16.8 Å². The molecule has 0 saturated heterocycles. The quantitative estimate of drug-likeness (QED) is 0.921. The molecule has 5 nitrogen and oxygen atoms in total. The largest absolute Gasteiger partial charge is 0.479 e. The van der Waals surface area contributed by atoms with Crippen LogP contribution in [-0.2, 0) is 10.3 Å². The molecule has 2 rings (SSSR count). The number of carbonyl (C=O) groups is 1. The predicted octanol–water partition coefficient (Wildman–Crippen LogP) is 2.21. The first kappa shape index (κ1) is 13.2. The number of aromatic nitrogens is 3.